The van der Waals surface area contributed by atoms with Crippen LogP contribution in [0.2, 0.25) is 5.02 Å². The molecule has 0 fully saturated rings. The van der Waals surface area contributed by atoms with Crippen molar-refractivity contribution >= 4 is 34.5 Å². The van der Waals surface area contributed by atoms with E-state index in [0.717, 1.165) is 11.0 Å². The van der Waals surface area contributed by atoms with Crippen LogP contribution in [0.25, 0.3) is 11.0 Å². The van der Waals surface area contributed by atoms with Crippen LogP contribution in [-0.2, 0) is 22.5 Å². The fraction of sp³-hybridized carbons (Fsp3) is 0.211. The molecule has 1 heterocycles. The van der Waals surface area contributed by atoms with Crippen molar-refractivity contribution in [2.24, 2.45) is 0 Å². The largest absolute Gasteiger partial charge is 0.468 e. The summed E-state index contributed by atoms with van der Waals surface area (Å²) in [5.41, 5.74) is 2.20. The molecule has 0 aliphatic heterocycles. The lowest BCUT2D eigenvalue weighted by molar-refractivity contribution is -0.141. The Morgan fingerprint density at radius 3 is 2.62 bits per heavy atom. The molecule has 0 aliphatic rings. The van der Waals surface area contributed by atoms with Gasteiger partial charge in [0.1, 0.15) is 12.4 Å². The number of nitrogens with one attached hydrogen (secondary N) is 1. The molecule has 0 aliphatic carbocycles. The number of fused-ring (bicyclic) bond motifs is 1. The van der Waals surface area contributed by atoms with Crippen molar-refractivity contribution in [2.75, 3.05) is 13.7 Å². The minimum Gasteiger partial charge on any atom is -0.468 e. The van der Waals surface area contributed by atoms with Crippen molar-refractivity contribution in [3.05, 3.63) is 64.9 Å². The second-order valence-corrected chi connectivity index (χ2v) is 6.13. The number of ether oxygens (including phenoxy) is 1. The Morgan fingerprint density at radius 2 is 1.88 bits per heavy atom. The highest BCUT2D eigenvalue weighted by atomic mass is 35.5. The zero-order valence-corrected chi connectivity index (χ0v) is 15.0. The molecule has 1 N–H and O–H groups in total. The Kier molecular flexibility index (Phi) is 5.53. The van der Waals surface area contributed by atoms with Gasteiger partial charge in [0.05, 0.1) is 18.1 Å². The molecule has 1 amide bonds. The quantitative estimate of drug-likeness (QED) is 0.676. The van der Waals surface area contributed by atoms with Gasteiger partial charge in [0.2, 0.25) is 0 Å². The number of methoxy groups -OCH3 is 1. The van der Waals surface area contributed by atoms with E-state index >= 15 is 0 Å². The van der Waals surface area contributed by atoms with E-state index in [2.05, 4.69) is 10.3 Å². The number of hydrogen-bond acceptors (Lipinski definition) is 4. The molecular formula is C19H18ClN3O3. The highest BCUT2D eigenvalue weighted by molar-refractivity contribution is 6.30. The number of carbonyl (C=O) groups is 2. The number of carbonyl (C=O) groups excluding carboxylic acids is 2. The molecule has 0 bridgehead atoms. The summed E-state index contributed by atoms with van der Waals surface area (Å²) >= 11 is 5.83. The summed E-state index contributed by atoms with van der Waals surface area (Å²) in [6.07, 6.45) is 0.491. The van der Waals surface area contributed by atoms with Crippen molar-refractivity contribution in [3.8, 4) is 0 Å². The first kappa shape index (κ1) is 17.9. The lowest BCUT2D eigenvalue weighted by Gasteiger charge is -2.09. The third-order valence-electron chi connectivity index (χ3n) is 3.99. The fourth-order valence-electron chi connectivity index (χ4n) is 2.68. The van der Waals surface area contributed by atoms with Crippen LogP contribution >= 0.6 is 11.6 Å². The Morgan fingerprint density at radius 1 is 1.15 bits per heavy atom. The van der Waals surface area contributed by atoms with Crippen LogP contribution in [0.3, 0.4) is 0 Å². The van der Waals surface area contributed by atoms with Gasteiger partial charge in [-0.2, -0.15) is 0 Å². The van der Waals surface area contributed by atoms with Crippen LogP contribution in [0.5, 0.6) is 0 Å². The van der Waals surface area contributed by atoms with Crippen LogP contribution < -0.4 is 5.32 Å². The van der Waals surface area contributed by atoms with Crippen molar-refractivity contribution in [1.82, 2.24) is 14.9 Å². The zero-order valence-electron chi connectivity index (χ0n) is 14.2. The molecule has 3 rings (SSSR count). The van der Waals surface area contributed by atoms with Gasteiger partial charge in [0.25, 0.3) is 5.91 Å². The first-order chi connectivity index (χ1) is 12.6. The summed E-state index contributed by atoms with van der Waals surface area (Å²) in [4.78, 5) is 28.5. The molecule has 134 valence electrons. The van der Waals surface area contributed by atoms with Gasteiger partial charge in [-0.15, -0.1) is 0 Å². The molecule has 3 aromatic rings. The Labute approximate surface area is 155 Å². The predicted molar refractivity (Wildman–Crippen MR) is 99.2 cm³/mol. The average Bonchev–Trinajstić information content (AvgIpc) is 2.99. The molecule has 0 radical (unpaired) electrons. The van der Waals surface area contributed by atoms with E-state index in [1.807, 2.05) is 28.8 Å². The van der Waals surface area contributed by atoms with E-state index in [4.69, 9.17) is 16.3 Å². The summed E-state index contributed by atoms with van der Waals surface area (Å²) in [6.45, 7) is 0.476. The topological polar surface area (TPSA) is 73.2 Å². The number of rotatable bonds is 6. The summed E-state index contributed by atoms with van der Waals surface area (Å²) < 4.78 is 6.58. The van der Waals surface area contributed by atoms with Crippen LogP contribution in [0.15, 0.2) is 48.5 Å². The second-order valence-electron chi connectivity index (χ2n) is 5.69. The molecule has 1 aromatic heterocycles. The number of nitrogens with zero attached hydrogens (tertiary/aromatic N) is 2. The van der Waals surface area contributed by atoms with Crippen LogP contribution in [0.4, 0.5) is 0 Å². The van der Waals surface area contributed by atoms with E-state index in [1.165, 1.54) is 7.11 Å². The molecule has 0 unspecified atom stereocenters. The van der Waals surface area contributed by atoms with Gasteiger partial charge in [-0.3, -0.25) is 9.59 Å². The van der Waals surface area contributed by atoms with Crippen molar-refractivity contribution in [3.63, 3.8) is 0 Å². The van der Waals surface area contributed by atoms with E-state index in [-0.39, 0.29) is 18.4 Å². The van der Waals surface area contributed by atoms with Crippen molar-refractivity contribution in [1.29, 1.82) is 0 Å². The zero-order chi connectivity index (χ0) is 18.5. The Bertz CT molecular complexity index is 935. The number of esters is 1. The third kappa shape index (κ3) is 4.03. The van der Waals surface area contributed by atoms with Crippen LogP contribution in [-0.4, -0.2) is 35.1 Å². The predicted octanol–water partition coefficient (Wildman–Crippen LogP) is 2.84. The maximum absolute atomic E-state index is 12.2. The normalized spacial score (nSPS) is 10.7. The van der Waals surface area contributed by atoms with Gasteiger partial charge >= 0.3 is 5.97 Å². The second kappa shape index (κ2) is 8.01. The molecule has 26 heavy (non-hydrogen) atoms. The third-order valence-corrected chi connectivity index (χ3v) is 4.24. The maximum atomic E-state index is 12.2. The minimum atomic E-state index is -0.348. The van der Waals surface area contributed by atoms with Gasteiger partial charge in [0.15, 0.2) is 0 Å². The molecule has 0 saturated heterocycles. The van der Waals surface area contributed by atoms with Crippen molar-refractivity contribution in [2.45, 2.75) is 13.0 Å². The molecule has 0 spiro atoms. The summed E-state index contributed by atoms with van der Waals surface area (Å²) in [5, 5.41) is 3.44. The smallest absolute Gasteiger partial charge is 0.325 e. The Hall–Kier alpha value is -2.86. The van der Waals surface area contributed by atoms with Gasteiger partial charge in [-0.1, -0.05) is 23.7 Å². The fourth-order valence-corrected chi connectivity index (χ4v) is 2.80. The maximum Gasteiger partial charge on any atom is 0.325 e. The van der Waals surface area contributed by atoms with Gasteiger partial charge in [0, 0.05) is 23.6 Å². The standard InChI is InChI=1S/C19H18ClN3O3/c1-26-18(24)12-23-16-5-3-2-4-15(16)22-17(23)10-11-21-19(25)13-6-8-14(20)9-7-13/h2-9H,10-12H2,1H3,(H,21,25). The van der Waals surface area contributed by atoms with Gasteiger partial charge in [-0.05, 0) is 36.4 Å². The minimum absolute atomic E-state index is 0.0808. The van der Waals surface area contributed by atoms with E-state index < -0.39 is 0 Å². The number of benzene rings is 2. The van der Waals surface area contributed by atoms with Gasteiger partial charge < -0.3 is 14.6 Å². The molecule has 7 heteroatoms. The number of hydrogen-bond donors (Lipinski definition) is 1. The van der Waals surface area contributed by atoms with Crippen LogP contribution in [0.1, 0.15) is 16.2 Å². The molecule has 0 atom stereocenters. The van der Waals surface area contributed by atoms with Crippen molar-refractivity contribution < 1.29 is 14.3 Å². The number of amides is 1. The highest BCUT2D eigenvalue weighted by Crippen LogP contribution is 2.16. The number of aromatic nitrogens is 2. The first-order valence-electron chi connectivity index (χ1n) is 8.13. The Balaban J connectivity index is 1.71. The SMILES string of the molecule is COC(=O)Cn1c(CCNC(=O)c2ccc(Cl)cc2)nc2ccccc21. The summed E-state index contributed by atoms with van der Waals surface area (Å²) in [6, 6.07) is 14.3. The average molecular weight is 372 g/mol. The lowest BCUT2D eigenvalue weighted by atomic mass is 10.2. The highest BCUT2D eigenvalue weighted by Gasteiger charge is 2.14. The lowest BCUT2D eigenvalue weighted by Crippen LogP contribution is -2.26. The van der Waals surface area contributed by atoms with Gasteiger partial charge in [-0.25, -0.2) is 4.98 Å². The van der Waals surface area contributed by atoms with Crippen LogP contribution in [0, 0.1) is 0 Å². The number of halogens is 1. The number of para-hydroxylation sites is 2. The molecule has 6 nitrogen and oxygen atoms in total. The molecule has 2 aromatic carbocycles. The number of imidazole rings is 1. The van der Waals surface area contributed by atoms with E-state index in [0.29, 0.717) is 29.4 Å². The first-order valence-corrected chi connectivity index (χ1v) is 8.51. The van der Waals surface area contributed by atoms with E-state index in [9.17, 15) is 9.59 Å². The summed E-state index contributed by atoms with van der Waals surface area (Å²) in [5.74, 6) is 0.185. The molecule has 0 saturated carbocycles. The van der Waals surface area contributed by atoms with E-state index in [1.54, 1.807) is 24.3 Å². The monoisotopic (exact) mass is 371 g/mol. The molecular weight excluding hydrogens is 354 g/mol. The summed E-state index contributed by atoms with van der Waals surface area (Å²) in [7, 11) is 1.35.